The van der Waals surface area contributed by atoms with Gasteiger partial charge in [0.25, 0.3) is 0 Å². The molecule has 0 spiro atoms. The number of allylic oxidation sites excluding steroid dienone is 4. The van der Waals surface area contributed by atoms with Crippen molar-refractivity contribution in [3.8, 4) is 23.8 Å². The molecule has 0 aliphatic carbocycles. The fraction of sp³-hybridized carbons (Fsp3) is 0.435. The van der Waals surface area contributed by atoms with Crippen LogP contribution in [-0.2, 0) is 12.8 Å². The molecule has 1 aromatic rings. The van der Waals surface area contributed by atoms with Crippen LogP contribution < -0.4 is 0 Å². The lowest BCUT2D eigenvalue weighted by atomic mass is 9.94. The van der Waals surface area contributed by atoms with Gasteiger partial charge in [0.2, 0.25) is 0 Å². The highest BCUT2D eigenvalue weighted by molar-refractivity contribution is 5.93. The van der Waals surface area contributed by atoms with E-state index in [2.05, 4.69) is 25.8 Å². The molecule has 4 nitrogen and oxygen atoms in total. The van der Waals surface area contributed by atoms with Crippen molar-refractivity contribution in [1.29, 1.82) is 0 Å². The first-order valence-corrected chi connectivity index (χ1v) is 9.30. The van der Waals surface area contributed by atoms with Gasteiger partial charge < -0.3 is 15.3 Å². The highest BCUT2D eigenvalue weighted by Crippen LogP contribution is 2.35. The Balaban J connectivity index is 3.01. The summed E-state index contributed by atoms with van der Waals surface area (Å²) < 4.78 is 0. The summed E-state index contributed by atoms with van der Waals surface area (Å²) >= 11 is 0. The van der Waals surface area contributed by atoms with Crippen molar-refractivity contribution in [3.63, 3.8) is 0 Å². The van der Waals surface area contributed by atoms with Gasteiger partial charge in [-0.05, 0) is 70.9 Å². The second-order valence-corrected chi connectivity index (χ2v) is 7.05. The number of phenolic OH excluding ortho intramolecular Hbond substituents is 1. The average Bonchev–Trinajstić information content (AvgIpc) is 2.57. The summed E-state index contributed by atoms with van der Waals surface area (Å²) in [6, 6.07) is 1.46. The number of rotatable bonds is 10. The number of unbranched alkanes of at least 4 members (excludes halogenated alkanes) is 2. The molecule has 1 aromatic carbocycles. The standard InChI is InChI=1S/C23H30O4/c1-5-6-7-8-12-18-15-20(24)19(22(25)21(18)23(26)27)14-13-17(4)11-9-10-16(2)3/h1,10,13,15,24-25H,6-9,11-12,14H2,2-4H3,(H,26,27). The van der Waals surface area contributed by atoms with Crippen LogP contribution >= 0.6 is 0 Å². The minimum Gasteiger partial charge on any atom is -0.508 e. The molecule has 3 N–H and O–H groups in total. The van der Waals surface area contributed by atoms with Gasteiger partial charge in [-0.3, -0.25) is 0 Å². The van der Waals surface area contributed by atoms with Gasteiger partial charge in [0, 0.05) is 12.0 Å². The maximum absolute atomic E-state index is 11.6. The van der Waals surface area contributed by atoms with Crippen LogP contribution in [0.25, 0.3) is 0 Å². The Morgan fingerprint density at radius 3 is 2.48 bits per heavy atom. The molecule has 0 aliphatic heterocycles. The van der Waals surface area contributed by atoms with Crippen molar-refractivity contribution in [3.05, 3.63) is 46.1 Å². The number of aromatic hydroxyl groups is 2. The number of benzene rings is 1. The van der Waals surface area contributed by atoms with Crippen molar-refractivity contribution in [2.45, 2.75) is 65.7 Å². The van der Waals surface area contributed by atoms with Crippen LogP contribution in [0.4, 0.5) is 0 Å². The van der Waals surface area contributed by atoms with E-state index in [1.165, 1.54) is 11.6 Å². The molecule has 0 radical (unpaired) electrons. The largest absolute Gasteiger partial charge is 0.508 e. The maximum Gasteiger partial charge on any atom is 0.339 e. The zero-order chi connectivity index (χ0) is 20.4. The van der Waals surface area contributed by atoms with E-state index in [4.69, 9.17) is 6.42 Å². The van der Waals surface area contributed by atoms with Gasteiger partial charge >= 0.3 is 5.97 Å². The summed E-state index contributed by atoms with van der Waals surface area (Å²) in [6.45, 7) is 6.10. The van der Waals surface area contributed by atoms with Crippen LogP contribution in [0.5, 0.6) is 11.5 Å². The van der Waals surface area contributed by atoms with Crippen molar-refractivity contribution in [2.24, 2.45) is 0 Å². The van der Waals surface area contributed by atoms with Crippen molar-refractivity contribution >= 4 is 5.97 Å². The number of hydrogen-bond acceptors (Lipinski definition) is 3. The maximum atomic E-state index is 11.6. The Labute approximate surface area is 162 Å². The van der Waals surface area contributed by atoms with Crippen LogP contribution in [0.3, 0.4) is 0 Å². The first-order valence-electron chi connectivity index (χ1n) is 9.30. The van der Waals surface area contributed by atoms with Crippen LogP contribution in [0, 0.1) is 12.3 Å². The highest BCUT2D eigenvalue weighted by Gasteiger charge is 2.21. The molecule has 0 bridgehead atoms. The topological polar surface area (TPSA) is 77.8 Å². The molecule has 0 heterocycles. The quantitative estimate of drug-likeness (QED) is 0.294. The predicted octanol–water partition coefficient (Wildman–Crippen LogP) is 5.38. The molecule has 0 atom stereocenters. The number of carbonyl (C=O) groups is 1. The van der Waals surface area contributed by atoms with E-state index in [1.807, 2.05) is 13.0 Å². The van der Waals surface area contributed by atoms with E-state index in [1.54, 1.807) is 0 Å². The molecule has 0 aromatic heterocycles. The van der Waals surface area contributed by atoms with E-state index in [9.17, 15) is 20.1 Å². The highest BCUT2D eigenvalue weighted by atomic mass is 16.4. The molecule has 146 valence electrons. The number of carboxylic acids is 1. The third kappa shape index (κ3) is 7.22. The van der Waals surface area contributed by atoms with Gasteiger partial charge in [-0.25, -0.2) is 4.79 Å². The third-order valence-corrected chi connectivity index (χ3v) is 4.44. The average molecular weight is 370 g/mol. The molecule has 0 fully saturated rings. The number of hydrogen-bond donors (Lipinski definition) is 3. The SMILES string of the molecule is C#CCCCCc1cc(O)c(CC=C(C)CCC=C(C)C)c(O)c1C(=O)O. The summed E-state index contributed by atoms with van der Waals surface area (Å²) in [5, 5.41) is 30.3. The lowest BCUT2D eigenvalue weighted by Crippen LogP contribution is -2.05. The Bertz CT molecular complexity index is 760. The van der Waals surface area contributed by atoms with E-state index in [-0.39, 0.29) is 29.0 Å². The minimum atomic E-state index is -1.19. The van der Waals surface area contributed by atoms with E-state index in [0.717, 1.165) is 24.8 Å². The van der Waals surface area contributed by atoms with E-state index >= 15 is 0 Å². The predicted molar refractivity (Wildman–Crippen MR) is 109 cm³/mol. The zero-order valence-electron chi connectivity index (χ0n) is 16.5. The number of phenols is 2. The van der Waals surface area contributed by atoms with E-state index < -0.39 is 5.97 Å². The van der Waals surface area contributed by atoms with Gasteiger partial charge in [-0.1, -0.05) is 23.3 Å². The summed E-state index contributed by atoms with van der Waals surface area (Å²) in [5.41, 5.74) is 2.95. The van der Waals surface area contributed by atoms with E-state index in [0.29, 0.717) is 24.8 Å². The monoisotopic (exact) mass is 370 g/mol. The summed E-state index contributed by atoms with van der Waals surface area (Å²) in [6.07, 6.45) is 13.9. The van der Waals surface area contributed by atoms with Crippen molar-refractivity contribution in [1.82, 2.24) is 0 Å². The van der Waals surface area contributed by atoms with Gasteiger partial charge in [-0.2, -0.15) is 0 Å². The Hall–Kier alpha value is -2.67. The minimum absolute atomic E-state index is 0.0715. The second kappa shape index (κ2) is 11.1. The molecular formula is C23H30O4. The van der Waals surface area contributed by atoms with Gasteiger partial charge in [0.15, 0.2) is 0 Å². The fourth-order valence-corrected chi connectivity index (χ4v) is 2.90. The van der Waals surface area contributed by atoms with Crippen LogP contribution in [0.2, 0.25) is 0 Å². The molecule has 4 heteroatoms. The summed E-state index contributed by atoms with van der Waals surface area (Å²) in [7, 11) is 0. The lowest BCUT2D eigenvalue weighted by Gasteiger charge is -2.14. The molecule has 0 saturated carbocycles. The van der Waals surface area contributed by atoms with Crippen molar-refractivity contribution < 1.29 is 20.1 Å². The number of aromatic carboxylic acids is 1. The van der Waals surface area contributed by atoms with Crippen LogP contribution in [0.15, 0.2) is 29.4 Å². The Morgan fingerprint density at radius 2 is 1.89 bits per heavy atom. The molecule has 0 amide bonds. The molecule has 0 saturated heterocycles. The Morgan fingerprint density at radius 1 is 1.19 bits per heavy atom. The molecule has 1 rings (SSSR count). The number of terminal acetylenes is 1. The van der Waals surface area contributed by atoms with Crippen molar-refractivity contribution in [2.75, 3.05) is 0 Å². The Kier molecular flexibility index (Phi) is 9.22. The third-order valence-electron chi connectivity index (χ3n) is 4.44. The first-order chi connectivity index (χ1) is 12.8. The summed E-state index contributed by atoms with van der Waals surface area (Å²) in [5.74, 6) is 0.940. The molecule has 0 aliphatic rings. The van der Waals surface area contributed by atoms with Crippen LogP contribution in [0.1, 0.15) is 74.4 Å². The molecule has 0 unspecified atom stereocenters. The summed E-state index contributed by atoms with van der Waals surface area (Å²) in [4.78, 5) is 11.6. The van der Waals surface area contributed by atoms with Crippen LogP contribution in [-0.4, -0.2) is 21.3 Å². The van der Waals surface area contributed by atoms with Gasteiger partial charge in [-0.15, -0.1) is 12.3 Å². The number of aryl methyl sites for hydroxylation is 1. The molecule has 27 heavy (non-hydrogen) atoms. The van der Waals surface area contributed by atoms with Gasteiger partial charge in [0.05, 0.1) is 0 Å². The second-order valence-electron chi connectivity index (χ2n) is 7.05. The lowest BCUT2D eigenvalue weighted by molar-refractivity contribution is 0.0692. The van der Waals surface area contributed by atoms with Gasteiger partial charge in [0.1, 0.15) is 17.1 Å². The zero-order valence-corrected chi connectivity index (χ0v) is 16.5. The number of carboxylic acid groups (broad SMARTS) is 1. The normalized spacial score (nSPS) is 11.1. The smallest absolute Gasteiger partial charge is 0.339 e. The first kappa shape index (κ1) is 22.4. The fourth-order valence-electron chi connectivity index (χ4n) is 2.90. The molecular weight excluding hydrogens is 340 g/mol.